The lowest BCUT2D eigenvalue weighted by Gasteiger charge is -2.46. The lowest BCUT2D eigenvalue weighted by Crippen LogP contribution is -2.51. The molecule has 4 atom stereocenters. The van der Waals surface area contributed by atoms with Crippen molar-refractivity contribution in [2.75, 3.05) is 12.3 Å². The number of benzene rings is 1. The van der Waals surface area contributed by atoms with Gasteiger partial charge in [-0.1, -0.05) is 26.8 Å². The van der Waals surface area contributed by atoms with Gasteiger partial charge in [0.05, 0.1) is 34.8 Å². The number of anilines is 1. The van der Waals surface area contributed by atoms with Gasteiger partial charge in [0.25, 0.3) is 0 Å². The fourth-order valence-electron chi connectivity index (χ4n) is 6.89. The number of aromatic nitrogens is 6. The monoisotopic (exact) mass is 560 g/mol. The summed E-state index contributed by atoms with van der Waals surface area (Å²) in [6.07, 6.45) is 6.34. The second-order valence-electron chi connectivity index (χ2n) is 13.6. The number of aliphatic hydroxyl groups excluding tert-OH is 2. The maximum absolute atomic E-state index is 11.1. The van der Waals surface area contributed by atoms with Crippen LogP contribution in [0.3, 0.4) is 0 Å². The number of hydrogen-bond donors (Lipinski definition) is 4. The van der Waals surface area contributed by atoms with Crippen molar-refractivity contribution in [2.24, 2.45) is 11.8 Å². The molecule has 3 heterocycles. The summed E-state index contributed by atoms with van der Waals surface area (Å²) in [5.41, 5.74) is 10.2. The van der Waals surface area contributed by atoms with Crippen LogP contribution in [0.5, 0.6) is 0 Å². The molecule has 4 aromatic rings. The fourth-order valence-corrected chi connectivity index (χ4v) is 6.89. The first-order valence-corrected chi connectivity index (χ1v) is 15.0. The van der Waals surface area contributed by atoms with Gasteiger partial charge in [-0.05, 0) is 68.6 Å². The minimum Gasteiger partial charge on any atom is -0.390 e. The number of nitrogens with one attached hydrogen (secondary N) is 1. The number of aliphatic hydroxyl groups is 2. The molecule has 0 amide bonds. The summed E-state index contributed by atoms with van der Waals surface area (Å²) in [6, 6.07) is 7.07. The van der Waals surface area contributed by atoms with Crippen LogP contribution in [0.15, 0.2) is 30.7 Å². The first kappa shape index (κ1) is 28.1. The van der Waals surface area contributed by atoms with Gasteiger partial charge in [-0.25, -0.2) is 19.6 Å². The van der Waals surface area contributed by atoms with Gasteiger partial charge in [0.15, 0.2) is 5.65 Å². The highest BCUT2D eigenvalue weighted by Crippen LogP contribution is 2.41. The molecule has 10 heteroatoms. The van der Waals surface area contributed by atoms with Gasteiger partial charge in [-0.15, -0.1) is 0 Å². The molecule has 2 aliphatic rings. The predicted octanol–water partition coefficient (Wildman–Crippen LogP) is 3.99. The molecular formula is C31H44N8O2. The third-order valence-electron chi connectivity index (χ3n) is 9.48. The van der Waals surface area contributed by atoms with Crippen LogP contribution in [0.1, 0.15) is 77.7 Å². The van der Waals surface area contributed by atoms with E-state index in [4.69, 9.17) is 10.7 Å². The van der Waals surface area contributed by atoms with Crippen molar-refractivity contribution >= 4 is 27.9 Å². The molecule has 2 aliphatic carbocycles. The van der Waals surface area contributed by atoms with Gasteiger partial charge in [0, 0.05) is 31.0 Å². The lowest BCUT2D eigenvalue weighted by molar-refractivity contribution is -0.0187. The maximum Gasteiger partial charge on any atom is 0.163 e. The summed E-state index contributed by atoms with van der Waals surface area (Å²) in [4.78, 5) is 19.3. The molecule has 2 saturated carbocycles. The van der Waals surface area contributed by atoms with Crippen LogP contribution in [0.2, 0.25) is 0 Å². The number of nitrogen functional groups attached to an aromatic ring is 1. The number of aromatic amines is 1. The second kappa shape index (κ2) is 10.6. The molecule has 1 aromatic carbocycles. The Morgan fingerprint density at radius 1 is 1.12 bits per heavy atom. The van der Waals surface area contributed by atoms with Crippen LogP contribution in [0, 0.1) is 11.8 Å². The van der Waals surface area contributed by atoms with Gasteiger partial charge in [0.2, 0.25) is 0 Å². The van der Waals surface area contributed by atoms with Crippen LogP contribution in [-0.4, -0.2) is 75.7 Å². The number of aryl methyl sites for hydroxylation is 1. The smallest absolute Gasteiger partial charge is 0.163 e. The van der Waals surface area contributed by atoms with E-state index in [0.29, 0.717) is 41.3 Å². The van der Waals surface area contributed by atoms with Gasteiger partial charge in [-0.2, -0.15) is 5.10 Å². The van der Waals surface area contributed by atoms with Crippen molar-refractivity contribution in [3.05, 3.63) is 42.1 Å². The zero-order valence-corrected chi connectivity index (χ0v) is 24.8. The van der Waals surface area contributed by atoms with Crippen molar-refractivity contribution in [3.63, 3.8) is 0 Å². The van der Waals surface area contributed by atoms with Gasteiger partial charge < -0.3 is 20.9 Å². The molecule has 6 rings (SSSR count). The van der Waals surface area contributed by atoms with Crippen LogP contribution in [0.4, 0.5) is 5.82 Å². The first-order valence-electron chi connectivity index (χ1n) is 15.0. The minimum absolute atomic E-state index is 0.0524. The largest absolute Gasteiger partial charge is 0.390 e. The molecule has 0 saturated heterocycles. The first-order chi connectivity index (χ1) is 19.5. The molecule has 0 bridgehead atoms. The van der Waals surface area contributed by atoms with Crippen molar-refractivity contribution in [2.45, 2.75) is 102 Å². The average molecular weight is 561 g/mol. The molecule has 2 fully saturated rings. The van der Waals surface area contributed by atoms with Gasteiger partial charge in [0.1, 0.15) is 24.1 Å². The predicted molar refractivity (Wildman–Crippen MR) is 160 cm³/mol. The van der Waals surface area contributed by atoms with E-state index in [-0.39, 0.29) is 17.4 Å². The van der Waals surface area contributed by atoms with Gasteiger partial charge in [-0.3, -0.25) is 4.90 Å². The molecule has 220 valence electrons. The quantitative estimate of drug-likeness (QED) is 0.253. The molecule has 0 aliphatic heterocycles. The number of H-pyrrole nitrogens is 1. The molecule has 0 radical (unpaired) electrons. The molecule has 0 spiro atoms. The van der Waals surface area contributed by atoms with Crippen LogP contribution >= 0.6 is 0 Å². The summed E-state index contributed by atoms with van der Waals surface area (Å²) >= 11 is 0. The zero-order chi connectivity index (χ0) is 29.1. The lowest BCUT2D eigenvalue weighted by atomic mass is 9.76. The highest BCUT2D eigenvalue weighted by atomic mass is 16.3. The van der Waals surface area contributed by atoms with E-state index in [0.717, 1.165) is 49.1 Å². The Kier molecular flexibility index (Phi) is 7.28. The Morgan fingerprint density at radius 2 is 1.90 bits per heavy atom. The Morgan fingerprint density at radius 3 is 2.63 bits per heavy atom. The SMILES string of the molecule is CC(C)N(CC1CC(n2ncc3c(N)ncnc32)C(O)C1O)C1CC(CCc2nc3cc(C(C)(C)C)ccc3[nH]2)C1. The third-order valence-corrected chi connectivity index (χ3v) is 9.48. The van der Waals surface area contributed by atoms with E-state index in [1.54, 1.807) is 10.9 Å². The molecule has 5 N–H and O–H groups in total. The molecule has 3 aromatic heterocycles. The zero-order valence-electron chi connectivity index (χ0n) is 24.8. The summed E-state index contributed by atoms with van der Waals surface area (Å²) in [7, 11) is 0. The molecule has 10 nitrogen and oxygen atoms in total. The molecule has 4 unspecified atom stereocenters. The number of fused-ring (bicyclic) bond motifs is 2. The summed E-state index contributed by atoms with van der Waals surface area (Å²) in [5, 5.41) is 27.2. The van der Waals surface area contributed by atoms with E-state index in [1.165, 1.54) is 11.9 Å². The summed E-state index contributed by atoms with van der Waals surface area (Å²) in [6.45, 7) is 11.9. The number of imidazole rings is 1. The molecular weight excluding hydrogens is 516 g/mol. The Hall–Kier alpha value is -3.08. The van der Waals surface area contributed by atoms with E-state index in [9.17, 15) is 10.2 Å². The van der Waals surface area contributed by atoms with Crippen molar-refractivity contribution in [1.82, 2.24) is 34.6 Å². The number of nitrogens with two attached hydrogens (primary N) is 1. The van der Waals surface area contributed by atoms with Crippen molar-refractivity contribution < 1.29 is 10.2 Å². The van der Waals surface area contributed by atoms with Gasteiger partial charge >= 0.3 is 0 Å². The standard InChI is InChI=1S/C31H44N8O2/c1-17(2)38(15-19-12-25(28(41)27(19)40)39-30-22(14-35-39)29(32)33-16-34-30)21-10-18(11-21)6-9-26-36-23-8-7-20(31(3,4)5)13-24(23)37-26/h7-8,13-14,16-19,21,25,27-28,40-41H,6,9-12,15H2,1-5H3,(H,36,37)(H2,32,33,34). The van der Waals surface area contributed by atoms with E-state index >= 15 is 0 Å². The topological polar surface area (TPSA) is 142 Å². The number of rotatable bonds is 8. The Labute approximate surface area is 241 Å². The summed E-state index contributed by atoms with van der Waals surface area (Å²) < 4.78 is 1.71. The van der Waals surface area contributed by atoms with Crippen LogP contribution in [-0.2, 0) is 11.8 Å². The maximum atomic E-state index is 11.1. The van der Waals surface area contributed by atoms with E-state index < -0.39 is 12.2 Å². The van der Waals surface area contributed by atoms with Crippen LogP contribution < -0.4 is 5.73 Å². The second-order valence-corrected chi connectivity index (χ2v) is 13.6. The average Bonchev–Trinajstić information content (AvgIpc) is 3.58. The molecule has 41 heavy (non-hydrogen) atoms. The van der Waals surface area contributed by atoms with Crippen LogP contribution in [0.25, 0.3) is 22.1 Å². The van der Waals surface area contributed by atoms with Crippen molar-refractivity contribution in [1.29, 1.82) is 0 Å². The fraction of sp³-hybridized carbons (Fsp3) is 0.613. The number of nitrogens with zero attached hydrogens (tertiary/aromatic N) is 6. The van der Waals surface area contributed by atoms with Crippen molar-refractivity contribution in [3.8, 4) is 0 Å². The number of hydrogen-bond acceptors (Lipinski definition) is 8. The normalized spacial score (nSPS) is 27.0. The highest BCUT2D eigenvalue weighted by molar-refractivity contribution is 5.84. The Bertz CT molecular complexity index is 1520. The van der Waals surface area contributed by atoms with E-state index in [1.807, 2.05) is 0 Å². The third kappa shape index (κ3) is 5.33. The highest BCUT2D eigenvalue weighted by Gasteiger charge is 2.45. The van der Waals surface area contributed by atoms with E-state index in [2.05, 4.69) is 77.8 Å². The summed E-state index contributed by atoms with van der Waals surface area (Å²) in [5.74, 6) is 2.06. The Balaban J connectivity index is 1.06. The minimum atomic E-state index is -0.911.